The van der Waals surface area contributed by atoms with E-state index in [2.05, 4.69) is 15.7 Å². The van der Waals surface area contributed by atoms with Crippen molar-refractivity contribution in [3.63, 3.8) is 0 Å². The Morgan fingerprint density at radius 3 is 2.88 bits per heavy atom. The number of rotatable bonds is 5. The molecule has 6 nitrogen and oxygen atoms in total. The first-order valence-corrected chi connectivity index (χ1v) is 9.74. The summed E-state index contributed by atoms with van der Waals surface area (Å²) in [5.41, 5.74) is 1.93. The molecular weight excluding hydrogens is 336 g/mol. The molecule has 2 aromatic rings. The molecule has 4 rings (SSSR count). The van der Waals surface area contributed by atoms with Crippen LogP contribution in [0.5, 0.6) is 0 Å². The summed E-state index contributed by atoms with van der Waals surface area (Å²) in [5, 5.41) is 10.1. The number of nitrogens with zero attached hydrogens (tertiary/aromatic N) is 2. The zero-order valence-electron chi connectivity index (χ0n) is 14.1. The van der Waals surface area contributed by atoms with Crippen molar-refractivity contribution in [2.24, 2.45) is 0 Å². The van der Waals surface area contributed by atoms with Gasteiger partial charge in [-0.2, -0.15) is 5.10 Å². The highest BCUT2D eigenvalue weighted by atomic mass is 32.1. The standard InChI is InChI=1S/C18H22N4O2S/c23-17(20-13-5-1-2-6-13)11-22-10-14(9-19-22)21-18(24)16-8-12-4-3-7-15(12)25-16/h8-10,13H,1-7,11H2,(H,20,23)(H,21,24). The van der Waals surface area contributed by atoms with Crippen LogP contribution < -0.4 is 10.6 Å². The summed E-state index contributed by atoms with van der Waals surface area (Å²) in [6.07, 6.45) is 11.2. The lowest BCUT2D eigenvalue weighted by Gasteiger charge is -2.11. The van der Waals surface area contributed by atoms with E-state index in [1.54, 1.807) is 28.4 Å². The van der Waals surface area contributed by atoms with E-state index in [4.69, 9.17) is 0 Å². The minimum Gasteiger partial charge on any atom is -0.352 e. The molecule has 0 unspecified atom stereocenters. The van der Waals surface area contributed by atoms with Gasteiger partial charge in [-0.05, 0) is 43.7 Å². The number of aromatic nitrogens is 2. The Hall–Kier alpha value is -2.15. The molecule has 0 radical (unpaired) electrons. The quantitative estimate of drug-likeness (QED) is 0.863. The second-order valence-electron chi connectivity index (χ2n) is 6.84. The van der Waals surface area contributed by atoms with Crippen molar-refractivity contribution in [1.29, 1.82) is 0 Å². The van der Waals surface area contributed by atoms with Crippen LogP contribution in [0.1, 0.15) is 52.2 Å². The maximum absolute atomic E-state index is 12.4. The SMILES string of the molecule is O=C(Cn1cc(NC(=O)c2cc3c(s2)CCC3)cn1)NC1CCCC1. The molecule has 2 heterocycles. The van der Waals surface area contributed by atoms with Gasteiger partial charge in [0, 0.05) is 17.1 Å². The zero-order chi connectivity index (χ0) is 17.2. The van der Waals surface area contributed by atoms with Crippen LogP contribution in [0.4, 0.5) is 5.69 Å². The number of nitrogens with one attached hydrogen (secondary N) is 2. The average molecular weight is 358 g/mol. The van der Waals surface area contributed by atoms with E-state index in [1.807, 2.05) is 6.07 Å². The monoisotopic (exact) mass is 358 g/mol. The normalized spacial score (nSPS) is 16.8. The molecule has 0 aliphatic heterocycles. The fourth-order valence-corrected chi connectivity index (χ4v) is 4.79. The molecule has 0 spiro atoms. The average Bonchev–Trinajstić information content (AvgIpc) is 3.30. The van der Waals surface area contributed by atoms with E-state index in [9.17, 15) is 9.59 Å². The van der Waals surface area contributed by atoms with Gasteiger partial charge in [0.1, 0.15) is 6.54 Å². The predicted octanol–water partition coefficient (Wildman–Crippen LogP) is 2.74. The van der Waals surface area contributed by atoms with Crippen LogP contribution in [0.2, 0.25) is 0 Å². The molecule has 1 fully saturated rings. The molecule has 0 atom stereocenters. The van der Waals surface area contributed by atoms with Gasteiger partial charge in [-0.15, -0.1) is 11.3 Å². The third kappa shape index (κ3) is 3.76. The molecule has 0 saturated heterocycles. The first kappa shape index (κ1) is 16.3. The zero-order valence-corrected chi connectivity index (χ0v) is 14.9. The molecule has 132 valence electrons. The largest absolute Gasteiger partial charge is 0.352 e. The second-order valence-corrected chi connectivity index (χ2v) is 7.98. The number of aryl methyl sites for hydroxylation is 2. The fraction of sp³-hybridized carbons (Fsp3) is 0.500. The van der Waals surface area contributed by atoms with Gasteiger partial charge in [-0.3, -0.25) is 14.3 Å². The van der Waals surface area contributed by atoms with E-state index in [1.165, 1.54) is 29.7 Å². The van der Waals surface area contributed by atoms with Gasteiger partial charge in [0.15, 0.2) is 0 Å². The van der Waals surface area contributed by atoms with Crippen molar-refractivity contribution in [3.8, 4) is 0 Å². The minimum absolute atomic E-state index is 0.0254. The summed E-state index contributed by atoms with van der Waals surface area (Å²) in [6, 6.07) is 2.31. The van der Waals surface area contributed by atoms with Crippen molar-refractivity contribution in [3.05, 3.63) is 33.8 Å². The summed E-state index contributed by atoms with van der Waals surface area (Å²) >= 11 is 1.58. The number of hydrogen-bond acceptors (Lipinski definition) is 4. The Kier molecular flexibility index (Phi) is 4.57. The van der Waals surface area contributed by atoms with Crippen molar-refractivity contribution >= 4 is 28.8 Å². The van der Waals surface area contributed by atoms with E-state index in [0.717, 1.165) is 30.6 Å². The van der Waals surface area contributed by atoms with Gasteiger partial charge in [0.05, 0.1) is 16.8 Å². The second kappa shape index (κ2) is 7.00. The summed E-state index contributed by atoms with van der Waals surface area (Å²) in [6.45, 7) is 0.180. The topological polar surface area (TPSA) is 76.0 Å². The number of fused-ring (bicyclic) bond motifs is 1. The molecule has 2 N–H and O–H groups in total. The lowest BCUT2D eigenvalue weighted by Crippen LogP contribution is -2.35. The predicted molar refractivity (Wildman–Crippen MR) is 96.9 cm³/mol. The smallest absolute Gasteiger partial charge is 0.265 e. The van der Waals surface area contributed by atoms with Gasteiger partial charge in [-0.1, -0.05) is 12.8 Å². The summed E-state index contributed by atoms with van der Waals surface area (Å²) in [5.74, 6) is -0.128. The van der Waals surface area contributed by atoms with Gasteiger partial charge in [0.2, 0.25) is 5.91 Å². The summed E-state index contributed by atoms with van der Waals surface area (Å²) < 4.78 is 1.56. The number of hydrogen-bond donors (Lipinski definition) is 2. The molecule has 25 heavy (non-hydrogen) atoms. The first-order valence-electron chi connectivity index (χ1n) is 8.92. The van der Waals surface area contributed by atoms with Crippen LogP contribution >= 0.6 is 11.3 Å². The minimum atomic E-state index is -0.102. The van der Waals surface area contributed by atoms with E-state index in [-0.39, 0.29) is 18.4 Å². The molecule has 2 amide bonds. The maximum atomic E-state index is 12.4. The third-order valence-electron chi connectivity index (χ3n) is 4.89. The summed E-state index contributed by atoms with van der Waals surface area (Å²) in [4.78, 5) is 26.5. The highest BCUT2D eigenvalue weighted by molar-refractivity contribution is 7.14. The van der Waals surface area contributed by atoms with Crippen LogP contribution in [0.15, 0.2) is 18.5 Å². The molecule has 1 saturated carbocycles. The molecule has 0 bridgehead atoms. The molecular formula is C18H22N4O2S. The van der Waals surface area contributed by atoms with Crippen molar-refractivity contribution in [2.45, 2.75) is 57.5 Å². The Bertz CT molecular complexity index is 767. The first-order chi connectivity index (χ1) is 12.2. The highest BCUT2D eigenvalue weighted by Gasteiger charge is 2.19. The van der Waals surface area contributed by atoms with E-state index in [0.29, 0.717) is 11.7 Å². The maximum Gasteiger partial charge on any atom is 0.265 e. The van der Waals surface area contributed by atoms with E-state index >= 15 is 0 Å². The molecule has 7 heteroatoms. The van der Waals surface area contributed by atoms with Gasteiger partial charge in [0.25, 0.3) is 5.91 Å². The Morgan fingerprint density at radius 1 is 1.24 bits per heavy atom. The summed E-state index contributed by atoms with van der Waals surface area (Å²) in [7, 11) is 0. The Balaban J connectivity index is 1.32. The molecule has 2 aromatic heterocycles. The van der Waals surface area contributed by atoms with Crippen LogP contribution in [-0.4, -0.2) is 27.6 Å². The number of carbonyl (C=O) groups excluding carboxylic acids is 2. The number of anilines is 1. The third-order valence-corrected chi connectivity index (χ3v) is 6.12. The van der Waals surface area contributed by atoms with Crippen LogP contribution in [0.25, 0.3) is 0 Å². The van der Waals surface area contributed by atoms with Crippen molar-refractivity contribution in [2.75, 3.05) is 5.32 Å². The van der Waals surface area contributed by atoms with Gasteiger partial charge >= 0.3 is 0 Å². The lowest BCUT2D eigenvalue weighted by molar-refractivity contribution is -0.122. The lowest BCUT2D eigenvalue weighted by atomic mass is 10.2. The number of carbonyl (C=O) groups is 2. The van der Waals surface area contributed by atoms with Gasteiger partial charge < -0.3 is 10.6 Å². The van der Waals surface area contributed by atoms with Crippen molar-refractivity contribution in [1.82, 2.24) is 15.1 Å². The number of thiophene rings is 1. The highest BCUT2D eigenvalue weighted by Crippen LogP contribution is 2.30. The van der Waals surface area contributed by atoms with Crippen LogP contribution in [-0.2, 0) is 24.2 Å². The van der Waals surface area contributed by atoms with Crippen LogP contribution in [0.3, 0.4) is 0 Å². The number of amides is 2. The van der Waals surface area contributed by atoms with Gasteiger partial charge in [-0.25, -0.2) is 0 Å². The molecule has 0 aromatic carbocycles. The van der Waals surface area contributed by atoms with Crippen molar-refractivity contribution < 1.29 is 9.59 Å². The van der Waals surface area contributed by atoms with Crippen LogP contribution in [0, 0.1) is 0 Å². The Labute approximate surface area is 150 Å². The van der Waals surface area contributed by atoms with E-state index < -0.39 is 0 Å². The fourth-order valence-electron chi connectivity index (χ4n) is 3.64. The molecule has 2 aliphatic carbocycles. The molecule has 2 aliphatic rings. The Morgan fingerprint density at radius 2 is 2.08 bits per heavy atom.